The molecule has 0 spiro atoms. The van der Waals surface area contributed by atoms with Crippen LogP contribution >= 0.6 is 0 Å². The van der Waals surface area contributed by atoms with E-state index < -0.39 is 0 Å². The third kappa shape index (κ3) is 3.13. The van der Waals surface area contributed by atoms with Crippen molar-refractivity contribution in [3.63, 3.8) is 0 Å². The molecule has 0 unspecified atom stereocenters. The summed E-state index contributed by atoms with van der Waals surface area (Å²) in [5.74, 6) is 0.898. The van der Waals surface area contributed by atoms with E-state index in [9.17, 15) is 4.79 Å². The molecular weight excluding hydrogens is 306 g/mol. The molecule has 8 heteroatoms. The van der Waals surface area contributed by atoms with Gasteiger partial charge in [0.1, 0.15) is 12.1 Å². The Kier molecular flexibility index (Phi) is 4.18. The quantitative estimate of drug-likeness (QED) is 0.898. The molecule has 128 valence electrons. The van der Waals surface area contributed by atoms with E-state index in [-0.39, 0.29) is 6.03 Å². The molecular formula is C16H23N7O. The highest BCUT2D eigenvalue weighted by Gasteiger charge is 2.24. The monoisotopic (exact) mass is 329 g/mol. The zero-order valence-electron chi connectivity index (χ0n) is 13.8. The lowest BCUT2D eigenvalue weighted by Gasteiger charge is -2.36. The number of rotatable bonds is 2. The molecule has 1 aliphatic carbocycles. The molecule has 1 aliphatic heterocycles. The maximum atomic E-state index is 12.4. The number of hydrogen-bond donors (Lipinski definition) is 1. The third-order valence-electron chi connectivity index (χ3n) is 4.97. The van der Waals surface area contributed by atoms with Crippen molar-refractivity contribution in [2.45, 2.75) is 38.1 Å². The minimum Gasteiger partial charge on any atom is -0.352 e. The molecule has 3 heterocycles. The number of aromatic nitrogens is 4. The summed E-state index contributed by atoms with van der Waals surface area (Å²) in [7, 11) is 0. The van der Waals surface area contributed by atoms with E-state index in [1.165, 1.54) is 19.3 Å². The van der Waals surface area contributed by atoms with Gasteiger partial charge in [0.05, 0.1) is 0 Å². The number of piperazine rings is 1. The Morgan fingerprint density at radius 1 is 1.08 bits per heavy atom. The van der Waals surface area contributed by atoms with E-state index in [0.717, 1.165) is 50.5 Å². The van der Waals surface area contributed by atoms with Gasteiger partial charge in [-0.25, -0.2) is 4.79 Å². The van der Waals surface area contributed by atoms with Crippen LogP contribution in [0.25, 0.3) is 5.65 Å². The first-order valence-corrected chi connectivity index (χ1v) is 8.77. The number of carbonyl (C=O) groups is 1. The predicted octanol–water partition coefficient (Wildman–Crippen LogP) is 1.29. The van der Waals surface area contributed by atoms with Gasteiger partial charge in [0.15, 0.2) is 5.65 Å². The highest BCUT2D eigenvalue weighted by atomic mass is 16.2. The number of amides is 2. The van der Waals surface area contributed by atoms with Crippen LogP contribution in [0.3, 0.4) is 0 Å². The van der Waals surface area contributed by atoms with Gasteiger partial charge in [0, 0.05) is 32.2 Å². The van der Waals surface area contributed by atoms with Gasteiger partial charge in [0.25, 0.3) is 0 Å². The Morgan fingerprint density at radius 3 is 2.67 bits per heavy atom. The number of nitrogens with one attached hydrogen (secondary N) is 1. The Hall–Kier alpha value is -2.38. The fourth-order valence-electron chi connectivity index (χ4n) is 3.54. The zero-order valence-corrected chi connectivity index (χ0v) is 13.8. The van der Waals surface area contributed by atoms with Crippen molar-refractivity contribution in [1.29, 1.82) is 0 Å². The van der Waals surface area contributed by atoms with E-state index in [4.69, 9.17) is 0 Å². The Labute approximate surface area is 140 Å². The lowest BCUT2D eigenvalue weighted by molar-refractivity contribution is 0.186. The van der Waals surface area contributed by atoms with Crippen molar-refractivity contribution in [2.24, 2.45) is 0 Å². The van der Waals surface area contributed by atoms with Gasteiger partial charge in [-0.2, -0.15) is 4.52 Å². The fourth-order valence-corrected chi connectivity index (χ4v) is 3.54. The number of nitrogens with zero attached hydrogens (tertiary/aromatic N) is 6. The predicted molar refractivity (Wildman–Crippen MR) is 90.0 cm³/mol. The maximum Gasteiger partial charge on any atom is 0.317 e. The topological polar surface area (TPSA) is 78.7 Å². The summed E-state index contributed by atoms with van der Waals surface area (Å²) in [5.41, 5.74) is 0.740. The largest absolute Gasteiger partial charge is 0.352 e. The van der Waals surface area contributed by atoms with E-state index in [2.05, 4.69) is 25.5 Å². The van der Waals surface area contributed by atoms with E-state index in [1.54, 1.807) is 10.8 Å². The van der Waals surface area contributed by atoms with Crippen LogP contribution in [-0.4, -0.2) is 63.0 Å². The van der Waals surface area contributed by atoms with Crippen molar-refractivity contribution in [3.8, 4) is 0 Å². The standard InChI is InChI=1S/C16H23N7O/c24-16(18-13-4-2-1-3-5-13)22-10-8-21(9-11-22)15-7-6-14-19-17-12-23(14)20-15/h6-7,12-13H,1-5,8-11H2,(H,18,24). The van der Waals surface area contributed by atoms with Gasteiger partial charge in [-0.3, -0.25) is 0 Å². The van der Waals surface area contributed by atoms with Crippen LogP contribution in [-0.2, 0) is 0 Å². The van der Waals surface area contributed by atoms with Crippen LogP contribution < -0.4 is 10.2 Å². The highest BCUT2D eigenvalue weighted by molar-refractivity contribution is 5.74. The van der Waals surface area contributed by atoms with E-state index >= 15 is 0 Å². The molecule has 0 aromatic carbocycles. The smallest absolute Gasteiger partial charge is 0.317 e. The molecule has 2 aliphatic rings. The summed E-state index contributed by atoms with van der Waals surface area (Å²) < 4.78 is 1.68. The first-order valence-electron chi connectivity index (χ1n) is 8.77. The molecule has 2 aromatic rings. The number of carbonyl (C=O) groups excluding carboxylic acids is 1. The molecule has 1 N–H and O–H groups in total. The SMILES string of the molecule is O=C(NC1CCCCC1)N1CCN(c2ccc3nncn3n2)CC1. The highest BCUT2D eigenvalue weighted by Crippen LogP contribution is 2.18. The molecule has 1 saturated heterocycles. The minimum absolute atomic E-state index is 0.0868. The summed E-state index contributed by atoms with van der Waals surface area (Å²) in [6, 6.07) is 4.32. The zero-order chi connectivity index (χ0) is 16.4. The molecule has 2 aromatic heterocycles. The maximum absolute atomic E-state index is 12.4. The summed E-state index contributed by atoms with van der Waals surface area (Å²) in [6.07, 6.45) is 7.61. The minimum atomic E-state index is 0.0868. The first-order chi connectivity index (χ1) is 11.8. The van der Waals surface area contributed by atoms with Crippen molar-refractivity contribution < 1.29 is 4.79 Å². The van der Waals surface area contributed by atoms with Gasteiger partial charge < -0.3 is 15.1 Å². The van der Waals surface area contributed by atoms with Gasteiger partial charge in [-0.1, -0.05) is 19.3 Å². The normalized spacial score (nSPS) is 19.7. The van der Waals surface area contributed by atoms with Crippen LogP contribution in [0.2, 0.25) is 0 Å². The van der Waals surface area contributed by atoms with Crippen LogP contribution in [0.5, 0.6) is 0 Å². The molecule has 2 fully saturated rings. The van der Waals surface area contributed by atoms with Crippen molar-refractivity contribution in [3.05, 3.63) is 18.5 Å². The molecule has 2 amide bonds. The lowest BCUT2D eigenvalue weighted by atomic mass is 9.96. The summed E-state index contributed by atoms with van der Waals surface area (Å²) >= 11 is 0. The van der Waals surface area contributed by atoms with Crippen LogP contribution in [0, 0.1) is 0 Å². The van der Waals surface area contributed by atoms with Gasteiger partial charge in [0.2, 0.25) is 0 Å². The third-order valence-corrected chi connectivity index (χ3v) is 4.97. The molecule has 8 nitrogen and oxygen atoms in total. The molecule has 24 heavy (non-hydrogen) atoms. The van der Waals surface area contributed by atoms with Crippen LogP contribution in [0.15, 0.2) is 18.5 Å². The Bertz CT molecular complexity index is 701. The lowest BCUT2D eigenvalue weighted by Crippen LogP contribution is -2.53. The summed E-state index contributed by atoms with van der Waals surface area (Å²) in [5, 5.41) is 15.5. The number of urea groups is 1. The summed E-state index contributed by atoms with van der Waals surface area (Å²) in [6.45, 7) is 3.03. The van der Waals surface area contributed by atoms with Crippen LogP contribution in [0.1, 0.15) is 32.1 Å². The molecule has 1 saturated carbocycles. The van der Waals surface area contributed by atoms with Crippen molar-refractivity contribution >= 4 is 17.5 Å². The van der Waals surface area contributed by atoms with Crippen molar-refractivity contribution in [1.82, 2.24) is 30.0 Å². The Morgan fingerprint density at radius 2 is 1.88 bits per heavy atom. The van der Waals surface area contributed by atoms with Crippen LogP contribution in [0.4, 0.5) is 10.6 Å². The average molecular weight is 329 g/mol. The number of anilines is 1. The molecule has 4 rings (SSSR count). The second kappa shape index (κ2) is 6.62. The molecule has 0 bridgehead atoms. The van der Waals surface area contributed by atoms with E-state index in [0.29, 0.717) is 6.04 Å². The second-order valence-electron chi connectivity index (χ2n) is 6.58. The van der Waals surface area contributed by atoms with E-state index in [1.807, 2.05) is 17.0 Å². The van der Waals surface area contributed by atoms with Gasteiger partial charge >= 0.3 is 6.03 Å². The second-order valence-corrected chi connectivity index (χ2v) is 6.58. The number of fused-ring (bicyclic) bond motifs is 1. The summed E-state index contributed by atoms with van der Waals surface area (Å²) in [4.78, 5) is 16.5. The molecule has 0 atom stereocenters. The average Bonchev–Trinajstić information content (AvgIpc) is 3.10. The van der Waals surface area contributed by atoms with Crippen molar-refractivity contribution in [2.75, 3.05) is 31.1 Å². The molecule has 0 radical (unpaired) electrons. The first kappa shape index (κ1) is 15.2. The number of hydrogen-bond acceptors (Lipinski definition) is 5. The van der Waals surface area contributed by atoms with Gasteiger partial charge in [-0.15, -0.1) is 15.3 Å². The van der Waals surface area contributed by atoms with Gasteiger partial charge in [-0.05, 0) is 25.0 Å². The fraction of sp³-hybridized carbons (Fsp3) is 0.625. The Balaban J connectivity index is 1.33.